The van der Waals surface area contributed by atoms with E-state index in [1.54, 1.807) is 0 Å². The highest BCUT2D eigenvalue weighted by Crippen LogP contribution is 2.32. The van der Waals surface area contributed by atoms with E-state index in [-0.39, 0.29) is 29.3 Å². The minimum atomic E-state index is -0.209. The van der Waals surface area contributed by atoms with Gasteiger partial charge in [0.05, 0.1) is 28.7 Å². The molecule has 7 nitrogen and oxygen atoms in total. The van der Waals surface area contributed by atoms with E-state index in [1.165, 1.54) is 11.3 Å². The number of nitrogens with zero attached hydrogens (tertiary/aromatic N) is 3. The highest BCUT2D eigenvalue weighted by molar-refractivity contribution is 7.12. The average Bonchev–Trinajstić information content (AvgIpc) is 3.52. The van der Waals surface area contributed by atoms with E-state index in [2.05, 4.69) is 4.98 Å². The average molecular weight is 441 g/mol. The molecule has 3 aliphatic rings. The Labute approximate surface area is 185 Å². The molecule has 0 spiro atoms. The predicted octanol–water partition coefficient (Wildman–Crippen LogP) is 3.27. The maximum Gasteiger partial charge on any atom is 0.264 e. The van der Waals surface area contributed by atoms with Crippen molar-refractivity contribution in [3.8, 4) is 0 Å². The SMILES string of the molecule is O=C(C1CCCC1)N1CCc2nc([C@@H]3CCCCN3C(=O)c3cccs3)[nH]c(=O)c2C1. The van der Waals surface area contributed by atoms with Crippen molar-refractivity contribution >= 4 is 23.2 Å². The molecule has 2 amide bonds. The number of carbonyl (C=O) groups is 2. The second-order valence-corrected chi connectivity index (χ2v) is 9.80. The predicted molar refractivity (Wildman–Crippen MR) is 118 cm³/mol. The Kier molecular flexibility index (Phi) is 5.65. The summed E-state index contributed by atoms with van der Waals surface area (Å²) in [4.78, 5) is 51.0. The van der Waals surface area contributed by atoms with Gasteiger partial charge >= 0.3 is 0 Å². The van der Waals surface area contributed by atoms with Gasteiger partial charge in [0.15, 0.2) is 0 Å². The number of piperidine rings is 1. The summed E-state index contributed by atoms with van der Waals surface area (Å²) < 4.78 is 0. The van der Waals surface area contributed by atoms with E-state index < -0.39 is 0 Å². The number of thiophene rings is 1. The summed E-state index contributed by atoms with van der Waals surface area (Å²) in [6.07, 6.45) is 7.52. The molecule has 4 heterocycles. The van der Waals surface area contributed by atoms with Gasteiger partial charge in [-0.2, -0.15) is 0 Å². The van der Waals surface area contributed by atoms with E-state index in [0.29, 0.717) is 42.3 Å². The summed E-state index contributed by atoms with van der Waals surface area (Å²) in [5.74, 6) is 0.899. The second-order valence-electron chi connectivity index (χ2n) is 8.86. The highest BCUT2D eigenvalue weighted by Gasteiger charge is 2.34. The van der Waals surface area contributed by atoms with Gasteiger partial charge in [-0.1, -0.05) is 18.9 Å². The van der Waals surface area contributed by atoms with E-state index in [9.17, 15) is 14.4 Å². The molecule has 31 heavy (non-hydrogen) atoms. The normalized spacial score (nSPS) is 21.9. The van der Waals surface area contributed by atoms with Crippen molar-refractivity contribution in [1.82, 2.24) is 19.8 Å². The molecule has 2 aromatic heterocycles. The number of aromatic nitrogens is 2. The molecule has 2 fully saturated rings. The van der Waals surface area contributed by atoms with Crippen LogP contribution in [0.4, 0.5) is 0 Å². The smallest absolute Gasteiger partial charge is 0.264 e. The van der Waals surface area contributed by atoms with Crippen LogP contribution >= 0.6 is 11.3 Å². The van der Waals surface area contributed by atoms with Crippen LogP contribution in [0.15, 0.2) is 22.3 Å². The molecule has 1 atom stereocenters. The summed E-state index contributed by atoms with van der Waals surface area (Å²) in [6, 6.07) is 3.52. The molecule has 2 aliphatic heterocycles. The number of H-pyrrole nitrogens is 1. The van der Waals surface area contributed by atoms with Gasteiger partial charge in [0, 0.05) is 25.4 Å². The summed E-state index contributed by atoms with van der Waals surface area (Å²) in [7, 11) is 0. The van der Waals surface area contributed by atoms with Crippen LogP contribution in [0.2, 0.25) is 0 Å². The Hall–Kier alpha value is -2.48. The third-order valence-electron chi connectivity index (χ3n) is 6.91. The van der Waals surface area contributed by atoms with Crippen molar-refractivity contribution in [1.29, 1.82) is 0 Å². The minimum Gasteiger partial charge on any atom is -0.337 e. The van der Waals surface area contributed by atoms with Crippen LogP contribution in [0.1, 0.15) is 77.7 Å². The molecule has 2 aromatic rings. The van der Waals surface area contributed by atoms with Crippen LogP contribution in [-0.4, -0.2) is 44.7 Å². The van der Waals surface area contributed by atoms with Crippen molar-refractivity contribution in [2.75, 3.05) is 13.1 Å². The highest BCUT2D eigenvalue weighted by atomic mass is 32.1. The number of rotatable bonds is 3. The van der Waals surface area contributed by atoms with E-state index in [4.69, 9.17) is 4.98 Å². The first-order chi connectivity index (χ1) is 15.1. The third-order valence-corrected chi connectivity index (χ3v) is 7.77. The molecular weight excluding hydrogens is 412 g/mol. The van der Waals surface area contributed by atoms with Crippen LogP contribution in [0.3, 0.4) is 0 Å². The molecule has 0 bridgehead atoms. The van der Waals surface area contributed by atoms with Crippen LogP contribution < -0.4 is 5.56 Å². The number of hydrogen-bond donors (Lipinski definition) is 1. The van der Waals surface area contributed by atoms with E-state index >= 15 is 0 Å². The standard InChI is InChI=1S/C23H28N4O3S/c28-21-16-14-26(22(29)15-6-1-2-7-15)12-10-17(16)24-20(25-21)18-8-3-4-11-27(18)23(30)19-9-5-13-31-19/h5,9,13,15,18H,1-4,6-8,10-12,14H2,(H,24,25,28)/t18-/m0/s1. The fourth-order valence-electron chi connectivity index (χ4n) is 5.22. The van der Waals surface area contributed by atoms with Crippen LogP contribution in [-0.2, 0) is 17.8 Å². The summed E-state index contributed by atoms with van der Waals surface area (Å²) >= 11 is 1.44. The van der Waals surface area contributed by atoms with Gasteiger partial charge in [-0.25, -0.2) is 4.98 Å². The molecule has 0 unspecified atom stereocenters. The summed E-state index contributed by atoms with van der Waals surface area (Å²) in [5, 5.41) is 1.91. The Bertz CT molecular complexity index is 1030. The first-order valence-corrected chi connectivity index (χ1v) is 12.2. The molecule has 5 rings (SSSR count). The number of fused-ring (bicyclic) bond motifs is 1. The van der Waals surface area contributed by atoms with Crippen molar-refractivity contribution in [2.24, 2.45) is 5.92 Å². The molecule has 164 valence electrons. The topological polar surface area (TPSA) is 86.4 Å². The van der Waals surface area contributed by atoms with Gasteiger partial charge in [-0.15, -0.1) is 11.3 Å². The van der Waals surface area contributed by atoms with Crippen LogP contribution in [0.5, 0.6) is 0 Å². The van der Waals surface area contributed by atoms with Crippen LogP contribution in [0.25, 0.3) is 0 Å². The largest absolute Gasteiger partial charge is 0.337 e. The second kappa shape index (κ2) is 8.57. The van der Waals surface area contributed by atoms with Crippen LogP contribution in [0, 0.1) is 5.92 Å². The lowest BCUT2D eigenvalue weighted by Crippen LogP contribution is -2.43. The number of carbonyl (C=O) groups excluding carboxylic acids is 2. The van der Waals surface area contributed by atoms with Gasteiger partial charge in [0.25, 0.3) is 11.5 Å². The lowest BCUT2D eigenvalue weighted by atomic mass is 9.99. The zero-order valence-corrected chi connectivity index (χ0v) is 18.5. The van der Waals surface area contributed by atoms with E-state index in [0.717, 1.165) is 50.6 Å². The van der Waals surface area contributed by atoms with Gasteiger partial charge < -0.3 is 14.8 Å². The Morgan fingerprint density at radius 2 is 1.90 bits per heavy atom. The monoisotopic (exact) mass is 440 g/mol. The zero-order valence-electron chi connectivity index (χ0n) is 17.6. The fourth-order valence-corrected chi connectivity index (χ4v) is 5.90. The van der Waals surface area contributed by atoms with Gasteiger partial charge in [0.1, 0.15) is 5.82 Å². The maximum absolute atomic E-state index is 13.0. The van der Waals surface area contributed by atoms with Gasteiger partial charge in [-0.05, 0) is 43.6 Å². The minimum absolute atomic E-state index is 0.00778. The first kappa shape index (κ1) is 20.4. The number of amides is 2. The van der Waals surface area contributed by atoms with Gasteiger partial charge in [-0.3, -0.25) is 14.4 Å². The molecule has 1 saturated heterocycles. The van der Waals surface area contributed by atoms with Gasteiger partial charge in [0.2, 0.25) is 5.91 Å². The number of hydrogen-bond acceptors (Lipinski definition) is 5. The molecule has 1 aliphatic carbocycles. The van der Waals surface area contributed by atoms with Crippen molar-refractivity contribution in [3.05, 3.63) is 49.8 Å². The fraction of sp³-hybridized carbons (Fsp3) is 0.565. The lowest BCUT2D eigenvalue weighted by molar-refractivity contribution is -0.136. The molecule has 0 aromatic carbocycles. The number of nitrogens with one attached hydrogen (secondary N) is 1. The molecular formula is C23H28N4O3S. The van der Waals surface area contributed by atoms with Crippen molar-refractivity contribution < 1.29 is 9.59 Å². The van der Waals surface area contributed by atoms with Crippen molar-refractivity contribution in [3.63, 3.8) is 0 Å². The Balaban J connectivity index is 1.39. The molecule has 8 heteroatoms. The third kappa shape index (κ3) is 3.93. The summed E-state index contributed by atoms with van der Waals surface area (Å²) in [5.41, 5.74) is 1.22. The van der Waals surface area contributed by atoms with E-state index in [1.807, 2.05) is 27.3 Å². The number of likely N-dealkylation sites (tertiary alicyclic amines) is 1. The zero-order chi connectivity index (χ0) is 21.4. The lowest BCUT2D eigenvalue weighted by Gasteiger charge is -2.35. The Morgan fingerprint density at radius 3 is 2.68 bits per heavy atom. The quantitative estimate of drug-likeness (QED) is 0.794. The Morgan fingerprint density at radius 1 is 1.10 bits per heavy atom. The molecule has 1 N–H and O–H groups in total. The number of aromatic amines is 1. The maximum atomic E-state index is 13.0. The first-order valence-electron chi connectivity index (χ1n) is 11.4. The van der Waals surface area contributed by atoms with Crippen molar-refractivity contribution in [2.45, 2.75) is 64.0 Å². The molecule has 1 saturated carbocycles. The summed E-state index contributed by atoms with van der Waals surface area (Å²) in [6.45, 7) is 1.63. The molecule has 0 radical (unpaired) electrons.